The average Bonchev–Trinajstić information content (AvgIpc) is 2.66. The number of nitrogens with zero attached hydrogens (tertiary/aromatic N) is 2. The van der Waals surface area contributed by atoms with Gasteiger partial charge in [0.2, 0.25) is 0 Å². The molecule has 1 aliphatic heterocycles. The second-order valence-corrected chi connectivity index (χ2v) is 4.86. The molecule has 1 aromatic rings. The van der Waals surface area contributed by atoms with Gasteiger partial charge in [-0.05, 0) is 5.92 Å². The number of rotatable bonds is 1. The van der Waals surface area contributed by atoms with Gasteiger partial charge in [-0.2, -0.15) is 5.10 Å². The molecule has 1 saturated heterocycles. The summed E-state index contributed by atoms with van der Waals surface area (Å²) < 4.78 is 0. The van der Waals surface area contributed by atoms with Crippen LogP contribution < -0.4 is 4.90 Å². The van der Waals surface area contributed by atoms with Gasteiger partial charge in [-0.1, -0.05) is 6.92 Å². The summed E-state index contributed by atoms with van der Waals surface area (Å²) in [5, 5.41) is 7.05. The molecule has 2 atom stereocenters. The van der Waals surface area contributed by atoms with Crippen molar-refractivity contribution in [3.63, 3.8) is 0 Å². The zero-order valence-corrected chi connectivity index (χ0v) is 9.46. The van der Waals surface area contributed by atoms with Crippen LogP contribution in [0.25, 0.3) is 0 Å². The summed E-state index contributed by atoms with van der Waals surface area (Å²) in [6.07, 6.45) is 1.74. The van der Waals surface area contributed by atoms with Crippen molar-refractivity contribution in [2.45, 2.75) is 17.7 Å². The molecule has 0 spiro atoms. The summed E-state index contributed by atoms with van der Waals surface area (Å²) >= 11 is 12.4. The number of H-pyrrole nitrogens is 1. The number of anilines is 1. The van der Waals surface area contributed by atoms with Gasteiger partial charge in [0.25, 0.3) is 0 Å². The summed E-state index contributed by atoms with van der Waals surface area (Å²) in [6, 6.07) is 1.93. The van der Waals surface area contributed by atoms with E-state index in [-0.39, 0.29) is 10.8 Å². The lowest BCUT2D eigenvalue weighted by molar-refractivity contribution is 0.451. The molecule has 14 heavy (non-hydrogen) atoms. The molecule has 1 aromatic heterocycles. The van der Waals surface area contributed by atoms with E-state index in [0.717, 1.165) is 18.9 Å². The second kappa shape index (κ2) is 3.99. The smallest absolute Gasteiger partial charge is 0.124 e. The van der Waals surface area contributed by atoms with E-state index in [1.807, 2.05) is 6.07 Å². The number of hydrogen-bond donors (Lipinski definition) is 1. The van der Waals surface area contributed by atoms with Gasteiger partial charge in [0.1, 0.15) is 5.82 Å². The van der Waals surface area contributed by atoms with Crippen LogP contribution in [0.15, 0.2) is 12.3 Å². The fourth-order valence-electron chi connectivity index (χ4n) is 1.68. The second-order valence-electron chi connectivity index (χ2n) is 3.74. The Balaban J connectivity index is 2.10. The number of aromatic amines is 1. The summed E-state index contributed by atoms with van der Waals surface area (Å²) in [6.45, 7) is 3.75. The summed E-state index contributed by atoms with van der Waals surface area (Å²) in [4.78, 5) is 2.14. The molecule has 1 aliphatic rings. The van der Waals surface area contributed by atoms with Crippen LogP contribution in [0.4, 0.5) is 5.82 Å². The molecule has 0 amide bonds. The number of hydrogen-bond acceptors (Lipinski definition) is 2. The molecule has 0 aliphatic carbocycles. The van der Waals surface area contributed by atoms with Gasteiger partial charge in [-0.15, -0.1) is 23.2 Å². The highest BCUT2D eigenvalue weighted by Crippen LogP contribution is 2.28. The third-order valence-electron chi connectivity index (χ3n) is 2.76. The van der Waals surface area contributed by atoms with Crippen LogP contribution >= 0.6 is 23.2 Å². The molecule has 78 valence electrons. The van der Waals surface area contributed by atoms with Crippen molar-refractivity contribution < 1.29 is 0 Å². The normalized spacial score (nSPS) is 33.4. The number of piperidine rings is 1. The fourth-order valence-corrected chi connectivity index (χ4v) is 2.43. The first kappa shape index (κ1) is 10.1. The van der Waals surface area contributed by atoms with Crippen molar-refractivity contribution in [2.24, 2.45) is 5.92 Å². The molecule has 0 bridgehead atoms. The minimum absolute atomic E-state index is 0.106. The number of alkyl halides is 2. The van der Waals surface area contributed by atoms with Crippen molar-refractivity contribution >= 4 is 29.0 Å². The van der Waals surface area contributed by atoms with Crippen LogP contribution in [-0.4, -0.2) is 34.0 Å². The number of halogens is 2. The zero-order chi connectivity index (χ0) is 10.1. The van der Waals surface area contributed by atoms with E-state index in [4.69, 9.17) is 23.2 Å². The summed E-state index contributed by atoms with van der Waals surface area (Å²) in [7, 11) is 0. The van der Waals surface area contributed by atoms with Gasteiger partial charge in [-0.25, -0.2) is 0 Å². The van der Waals surface area contributed by atoms with E-state index in [1.54, 1.807) is 6.20 Å². The Labute approximate surface area is 93.4 Å². The predicted molar refractivity (Wildman–Crippen MR) is 59.2 cm³/mol. The molecule has 0 radical (unpaired) electrons. The molecule has 1 fully saturated rings. The topological polar surface area (TPSA) is 31.9 Å². The lowest BCUT2D eigenvalue weighted by Gasteiger charge is -2.37. The lowest BCUT2D eigenvalue weighted by atomic mass is 9.98. The molecule has 3 nitrogen and oxygen atoms in total. The van der Waals surface area contributed by atoms with Gasteiger partial charge >= 0.3 is 0 Å². The van der Waals surface area contributed by atoms with Crippen LogP contribution in [0.1, 0.15) is 6.92 Å². The Bertz CT molecular complexity index is 276. The van der Waals surface area contributed by atoms with Crippen LogP contribution in [0.3, 0.4) is 0 Å². The monoisotopic (exact) mass is 233 g/mol. The summed E-state index contributed by atoms with van der Waals surface area (Å²) in [5.74, 6) is 1.35. The van der Waals surface area contributed by atoms with Crippen LogP contribution in [0.5, 0.6) is 0 Å². The molecular weight excluding hydrogens is 221 g/mol. The van der Waals surface area contributed by atoms with Crippen molar-refractivity contribution in [3.05, 3.63) is 12.3 Å². The maximum Gasteiger partial charge on any atom is 0.124 e. The highest BCUT2D eigenvalue weighted by atomic mass is 35.5. The molecule has 0 aromatic carbocycles. The van der Waals surface area contributed by atoms with Crippen molar-refractivity contribution in [1.82, 2.24) is 10.2 Å². The highest BCUT2D eigenvalue weighted by molar-refractivity contribution is 6.24. The average molecular weight is 234 g/mol. The molecular formula is C9H13Cl2N3. The van der Waals surface area contributed by atoms with E-state index in [9.17, 15) is 0 Å². The fraction of sp³-hybridized carbons (Fsp3) is 0.667. The lowest BCUT2D eigenvalue weighted by Crippen LogP contribution is -2.47. The quantitative estimate of drug-likeness (QED) is 0.754. The third-order valence-corrected chi connectivity index (χ3v) is 3.83. The van der Waals surface area contributed by atoms with E-state index < -0.39 is 0 Å². The highest BCUT2D eigenvalue weighted by Gasteiger charge is 2.32. The maximum atomic E-state index is 6.21. The van der Waals surface area contributed by atoms with Gasteiger partial charge in [0.05, 0.1) is 17.0 Å². The van der Waals surface area contributed by atoms with Gasteiger partial charge in [0.15, 0.2) is 0 Å². The Morgan fingerprint density at radius 3 is 2.57 bits per heavy atom. The minimum Gasteiger partial charge on any atom is -0.354 e. The first-order valence-electron chi connectivity index (χ1n) is 4.71. The maximum absolute atomic E-state index is 6.21. The largest absolute Gasteiger partial charge is 0.354 e. The molecule has 0 saturated carbocycles. The number of aromatic nitrogens is 2. The Kier molecular flexibility index (Phi) is 2.88. The van der Waals surface area contributed by atoms with E-state index in [0.29, 0.717) is 5.92 Å². The van der Waals surface area contributed by atoms with Crippen molar-refractivity contribution in [3.8, 4) is 0 Å². The SMILES string of the molecule is CC1C(Cl)CN(c2ccn[nH]2)CC1Cl. The van der Waals surface area contributed by atoms with Crippen LogP contribution in [0.2, 0.25) is 0 Å². The predicted octanol–water partition coefficient (Wildman–Crippen LogP) is 2.08. The third kappa shape index (κ3) is 1.84. The minimum atomic E-state index is 0.106. The Morgan fingerprint density at radius 2 is 2.07 bits per heavy atom. The first-order valence-corrected chi connectivity index (χ1v) is 5.58. The summed E-state index contributed by atoms with van der Waals surface area (Å²) in [5.41, 5.74) is 0. The van der Waals surface area contributed by atoms with Gasteiger partial charge < -0.3 is 4.90 Å². The van der Waals surface area contributed by atoms with Crippen LogP contribution in [0, 0.1) is 5.92 Å². The molecule has 2 heterocycles. The Hall–Kier alpha value is -0.410. The van der Waals surface area contributed by atoms with Crippen molar-refractivity contribution in [1.29, 1.82) is 0 Å². The standard InChI is InChI=1S/C9H13Cl2N3/c1-6-7(10)4-14(5-8(6)11)9-2-3-12-13-9/h2-3,6-8H,4-5H2,1H3,(H,12,13). The molecule has 5 heteroatoms. The molecule has 1 N–H and O–H groups in total. The van der Waals surface area contributed by atoms with E-state index in [2.05, 4.69) is 22.0 Å². The van der Waals surface area contributed by atoms with Gasteiger partial charge in [-0.3, -0.25) is 5.10 Å². The molecule has 2 rings (SSSR count). The van der Waals surface area contributed by atoms with Crippen LogP contribution in [-0.2, 0) is 0 Å². The zero-order valence-electron chi connectivity index (χ0n) is 7.95. The molecule has 2 unspecified atom stereocenters. The van der Waals surface area contributed by atoms with E-state index >= 15 is 0 Å². The number of nitrogens with one attached hydrogen (secondary N) is 1. The first-order chi connectivity index (χ1) is 6.68. The van der Waals surface area contributed by atoms with Crippen molar-refractivity contribution in [2.75, 3.05) is 18.0 Å². The van der Waals surface area contributed by atoms with E-state index in [1.165, 1.54) is 0 Å². The Morgan fingerprint density at radius 1 is 1.43 bits per heavy atom. The van der Waals surface area contributed by atoms with Gasteiger partial charge in [0, 0.05) is 19.2 Å².